The molecule has 228 valence electrons. The summed E-state index contributed by atoms with van der Waals surface area (Å²) in [4.78, 5) is 33.3. The molecule has 1 atom stereocenters. The van der Waals surface area contributed by atoms with Crippen LogP contribution < -0.4 is 19.6 Å². The molecule has 0 saturated heterocycles. The first-order valence-electron chi connectivity index (χ1n) is 14.3. The summed E-state index contributed by atoms with van der Waals surface area (Å²) >= 11 is 7.07. The van der Waals surface area contributed by atoms with Crippen molar-refractivity contribution in [2.75, 3.05) is 6.61 Å². The summed E-state index contributed by atoms with van der Waals surface area (Å²) in [6.45, 7) is 2.22. The Morgan fingerprint density at radius 3 is 2.43 bits per heavy atom. The number of fused-ring (bicyclic) bond motifs is 1. The Kier molecular flexibility index (Phi) is 9.63. The van der Waals surface area contributed by atoms with Crippen molar-refractivity contribution >= 4 is 67.6 Å². The molecule has 0 unspecified atom stereocenters. The molecule has 1 aliphatic heterocycles. The SMILES string of the molecule is CCOC(=O)C1=C(c2ccccc2)N=c2s/c(=C\c3cc(Br)cc(I)c3OCc3ccc(C#N)cc3)c(=O)n2[C@H]1c1ccccc1. The van der Waals surface area contributed by atoms with E-state index in [0.29, 0.717) is 37.5 Å². The van der Waals surface area contributed by atoms with Crippen LogP contribution in [-0.2, 0) is 16.1 Å². The molecule has 1 aliphatic rings. The average Bonchev–Trinajstić information content (AvgIpc) is 3.38. The van der Waals surface area contributed by atoms with Crippen molar-refractivity contribution in [1.29, 1.82) is 5.26 Å². The van der Waals surface area contributed by atoms with Crippen LogP contribution in [0.15, 0.2) is 117 Å². The fraction of sp³-hybridized carbons (Fsp3) is 0.111. The molecule has 0 amide bonds. The number of thiazole rings is 1. The molecular weight excluding hydrogens is 777 g/mol. The van der Waals surface area contributed by atoms with Crippen LogP contribution in [-0.4, -0.2) is 17.1 Å². The Hall–Kier alpha value is -4.31. The first kappa shape index (κ1) is 31.7. The van der Waals surface area contributed by atoms with Crippen LogP contribution in [0.5, 0.6) is 5.75 Å². The molecule has 4 aromatic carbocycles. The van der Waals surface area contributed by atoms with E-state index in [0.717, 1.165) is 24.7 Å². The van der Waals surface area contributed by atoms with Gasteiger partial charge in [0.25, 0.3) is 5.56 Å². The van der Waals surface area contributed by atoms with Crippen LogP contribution in [0, 0.1) is 14.9 Å². The largest absolute Gasteiger partial charge is 0.487 e. The molecule has 5 aromatic rings. The molecule has 0 fully saturated rings. The summed E-state index contributed by atoms with van der Waals surface area (Å²) in [6.07, 6.45) is 1.81. The third-order valence-corrected chi connectivity index (χ3v) is 9.52. The number of ether oxygens (including phenoxy) is 2. The van der Waals surface area contributed by atoms with Gasteiger partial charge < -0.3 is 9.47 Å². The van der Waals surface area contributed by atoms with Gasteiger partial charge in [-0.15, -0.1) is 0 Å². The predicted molar refractivity (Wildman–Crippen MR) is 190 cm³/mol. The smallest absolute Gasteiger partial charge is 0.338 e. The molecule has 0 bridgehead atoms. The van der Waals surface area contributed by atoms with Crippen molar-refractivity contribution in [3.63, 3.8) is 0 Å². The summed E-state index contributed by atoms with van der Waals surface area (Å²) in [5.74, 6) is 0.101. The van der Waals surface area contributed by atoms with Gasteiger partial charge in [0.1, 0.15) is 12.4 Å². The van der Waals surface area contributed by atoms with E-state index >= 15 is 0 Å². The number of nitriles is 1. The Morgan fingerprint density at radius 1 is 1.07 bits per heavy atom. The van der Waals surface area contributed by atoms with Gasteiger partial charge in [-0.25, -0.2) is 9.79 Å². The zero-order valence-electron chi connectivity index (χ0n) is 24.4. The number of halogens is 2. The van der Waals surface area contributed by atoms with E-state index in [2.05, 4.69) is 44.6 Å². The second-order valence-corrected chi connectivity index (χ2v) is 13.3. The maximum absolute atomic E-state index is 14.3. The molecule has 0 aliphatic carbocycles. The van der Waals surface area contributed by atoms with Crippen LogP contribution in [0.25, 0.3) is 11.8 Å². The molecule has 6 rings (SSSR count). The monoisotopic (exact) mass is 801 g/mol. The highest BCUT2D eigenvalue weighted by Crippen LogP contribution is 2.35. The van der Waals surface area contributed by atoms with E-state index in [1.165, 1.54) is 11.3 Å². The molecule has 2 heterocycles. The topological polar surface area (TPSA) is 93.7 Å². The summed E-state index contributed by atoms with van der Waals surface area (Å²) in [6, 6.07) is 31.4. The molecule has 0 radical (unpaired) electrons. The number of nitrogens with zero attached hydrogens (tertiary/aromatic N) is 3. The molecular formula is C36H25BrIN3O4S. The highest BCUT2D eigenvalue weighted by Gasteiger charge is 2.35. The standard InChI is InChI=1S/C36H25BrIN3O4S/c1-2-44-35(43)30-31(24-9-5-3-6-10-24)40-36-41(32(30)25-11-7-4-8-12-25)34(42)29(46-36)18-26-17-27(37)19-28(38)33(26)45-21-23-15-13-22(20-39)14-16-23/h3-19,32H,2,21H2,1H3/b29-18-/t32-/m0/s1. The van der Waals surface area contributed by atoms with Gasteiger partial charge in [-0.3, -0.25) is 9.36 Å². The number of esters is 1. The highest BCUT2D eigenvalue weighted by molar-refractivity contribution is 14.1. The van der Waals surface area contributed by atoms with Gasteiger partial charge >= 0.3 is 5.97 Å². The minimum Gasteiger partial charge on any atom is -0.487 e. The summed E-state index contributed by atoms with van der Waals surface area (Å²) in [7, 11) is 0. The summed E-state index contributed by atoms with van der Waals surface area (Å²) in [5.41, 5.74) is 4.22. The van der Waals surface area contributed by atoms with Gasteiger partial charge in [-0.05, 0) is 71.0 Å². The predicted octanol–water partition coefficient (Wildman–Crippen LogP) is 6.75. The zero-order chi connectivity index (χ0) is 32.2. The lowest BCUT2D eigenvalue weighted by Gasteiger charge is -2.25. The molecule has 0 spiro atoms. The Labute approximate surface area is 291 Å². The number of aromatic nitrogens is 1. The number of carbonyl (C=O) groups is 1. The van der Waals surface area contributed by atoms with Crippen LogP contribution in [0.2, 0.25) is 0 Å². The van der Waals surface area contributed by atoms with Gasteiger partial charge in [-0.2, -0.15) is 5.26 Å². The summed E-state index contributed by atoms with van der Waals surface area (Å²) in [5, 5.41) is 9.13. The van der Waals surface area contributed by atoms with Crippen LogP contribution >= 0.6 is 49.9 Å². The molecule has 7 nitrogen and oxygen atoms in total. The van der Waals surface area contributed by atoms with E-state index in [9.17, 15) is 9.59 Å². The average molecular weight is 802 g/mol. The maximum Gasteiger partial charge on any atom is 0.338 e. The third-order valence-electron chi connectivity index (χ3n) is 7.28. The van der Waals surface area contributed by atoms with Crippen LogP contribution in [0.1, 0.15) is 40.8 Å². The van der Waals surface area contributed by atoms with Crippen LogP contribution in [0.3, 0.4) is 0 Å². The Bertz CT molecular complexity index is 2190. The third kappa shape index (κ3) is 6.49. The maximum atomic E-state index is 14.3. The lowest BCUT2D eigenvalue weighted by atomic mass is 9.93. The van der Waals surface area contributed by atoms with Gasteiger partial charge in [-0.1, -0.05) is 100 Å². The zero-order valence-corrected chi connectivity index (χ0v) is 29.0. The lowest BCUT2D eigenvalue weighted by molar-refractivity contribution is -0.138. The van der Waals surface area contributed by atoms with E-state index in [4.69, 9.17) is 19.7 Å². The van der Waals surface area contributed by atoms with Crippen molar-refractivity contribution < 1.29 is 14.3 Å². The van der Waals surface area contributed by atoms with Gasteiger partial charge in [0.05, 0.1) is 43.7 Å². The van der Waals surface area contributed by atoms with Gasteiger partial charge in [0.2, 0.25) is 0 Å². The molecule has 0 saturated carbocycles. The molecule has 0 N–H and O–H groups in total. The Balaban J connectivity index is 1.53. The number of hydrogen-bond acceptors (Lipinski definition) is 7. The quantitative estimate of drug-likeness (QED) is 0.128. The second kappa shape index (κ2) is 14.0. The fourth-order valence-corrected chi connectivity index (χ4v) is 7.90. The van der Waals surface area contributed by atoms with E-state index in [-0.39, 0.29) is 18.8 Å². The number of carbonyl (C=O) groups excluding carboxylic acids is 1. The van der Waals surface area contributed by atoms with Crippen LogP contribution in [0.4, 0.5) is 0 Å². The number of benzene rings is 4. The number of hydrogen-bond donors (Lipinski definition) is 0. The summed E-state index contributed by atoms with van der Waals surface area (Å²) < 4.78 is 15.6. The van der Waals surface area contributed by atoms with Gasteiger partial charge in [0.15, 0.2) is 4.80 Å². The van der Waals surface area contributed by atoms with Crippen molar-refractivity contribution in [3.8, 4) is 11.8 Å². The number of rotatable bonds is 8. The van der Waals surface area contributed by atoms with Crippen molar-refractivity contribution in [2.45, 2.75) is 19.6 Å². The lowest BCUT2D eigenvalue weighted by Crippen LogP contribution is -2.40. The van der Waals surface area contributed by atoms with Crippen molar-refractivity contribution in [1.82, 2.24) is 4.57 Å². The normalized spacial score (nSPS) is 14.3. The fourth-order valence-electron chi connectivity index (χ4n) is 5.20. The highest BCUT2D eigenvalue weighted by atomic mass is 127. The van der Waals surface area contributed by atoms with E-state index < -0.39 is 12.0 Å². The molecule has 46 heavy (non-hydrogen) atoms. The molecule has 1 aromatic heterocycles. The first-order chi connectivity index (χ1) is 22.4. The van der Waals surface area contributed by atoms with E-state index in [1.54, 1.807) is 23.6 Å². The van der Waals surface area contributed by atoms with Gasteiger partial charge in [0, 0.05) is 15.6 Å². The van der Waals surface area contributed by atoms with Crippen molar-refractivity contribution in [2.24, 2.45) is 4.99 Å². The first-order valence-corrected chi connectivity index (χ1v) is 17.0. The minimum absolute atomic E-state index is 0.184. The minimum atomic E-state index is -0.747. The second-order valence-electron chi connectivity index (χ2n) is 10.2. The Morgan fingerprint density at radius 2 is 1.76 bits per heavy atom. The van der Waals surface area contributed by atoms with E-state index in [1.807, 2.05) is 91.0 Å². The van der Waals surface area contributed by atoms with Crippen molar-refractivity contribution in [3.05, 3.63) is 158 Å². The molecule has 10 heteroatoms.